The summed E-state index contributed by atoms with van der Waals surface area (Å²) in [6.07, 6.45) is 17.8. The molecule has 1 amide bonds. The van der Waals surface area contributed by atoms with Crippen LogP contribution in [0.3, 0.4) is 0 Å². The molecular weight excluding hydrogens is 500 g/mol. The van der Waals surface area contributed by atoms with E-state index < -0.39 is 0 Å². The van der Waals surface area contributed by atoms with Gasteiger partial charge in [0.2, 0.25) is 0 Å². The second-order valence-corrected chi connectivity index (χ2v) is 11.1. The molecule has 0 radical (unpaired) electrons. The summed E-state index contributed by atoms with van der Waals surface area (Å²) in [6, 6.07) is 13.2. The van der Waals surface area contributed by atoms with Gasteiger partial charge in [0, 0.05) is 24.0 Å². The number of nitrogens with zero attached hydrogens (tertiary/aromatic N) is 1. The van der Waals surface area contributed by atoms with Crippen molar-refractivity contribution in [3.63, 3.8) is 0 Å². The van der Waals surface area contributed by atoms with Crippen molar-refractivity contribution in [1.82, 2.24) is 4.90 Å². The van der Waals surface area contributed by atoms with Gasteiger partial charge in [0.25, 0.3) is 5.91 Å². The summed E-state index contributed by atoms with van der Waals surface area (Å²) in [5.74, 6) is 1.39. The van der Waals surface area contributed by atoms with Crippen LogP contribution >= 0.6 is 23.4 Å². The van der Waals surface area contributed by atoms with E-state index in [1.54, 1.807) is 30.0 Å². The molecule has 4 nitrogen and oxygen atoms in total. The third-order valence-electron chi connectivity index (χ3n) is 6.65. The maximum absolute atomic E-state index is 12.8. The molecular formula is C31H43ClN2O2S. The number of carbonyl (C=O) groups excluding carboxylic acids is 1. The molecule has 0 aromatic heterocycles. The van der Waals surface area contributed by atoms with Gasteiger partial charge in [-0.05, 0) is 47.7 Å². The van der Waals surface area contributed by atoms with Gasteiger partial charge in [-0.3, -0.25) is 4.79 Å². The van der Waals surface area contributed by atoms with E-state index in [0.29, 0.717) is 22.9 Å². The number of hydrogen-bond acceptors (Lipinski definition) is 4. The van der Waals surface area contributed by atoms with E-state index >= 15 is 0 Å². The Morgan fingerprint density at radius 1 is 0.919 bits per heavy atom. The summed E-state index contributed by atoms with van der Waals surface area (Å²) in [6.45, 7) is 3.76. The number of rotatable bonds is 18. The van der Waals surface area contributed by atoms with Gasteiger partial charge in [0.05, 0.1) is 17.5 Å². The van der Waals surface area contributed by atoms with E-state index in [4.69, 9.17) is 16.3 Å². The molecule has 0 saturated carbocycles. The fraction of sp³-hybridized carbons (Fsp3) is 0.516. The van der Waals surface area contributed by atoms with Crippen molar-refractivity contribution in [2.45, 2.75) is 90.5 Å². The molecule has 3 rings (SSSR count). The lowest BCUT2D eigenvalue weighted by Crippen LogP contribution is -2.13. The van der Waals surface area contributed by atoms with Gasteiger partial charge in [-0.1, -0.05) is 101 Å². The van der Waals surface area contributed by atoms with Gasteiger partial charge in [0.1, 0.15) is 5.75 Å². The molecule has 0 atom stereocenters. The Morgan fingerprint density at radius 2 is 1.57 bits per heavy atom. The van der Waals surface area contributed by atoms with Crippen molar-refractivity contribution < 1.29 is 9.53 Å². The smallest absolute Gasteiger partial charge is 0.255 e. The van der Waals surface area contributed by atoms with Crippen molar-refractivity contribution in [3.8, 4) is 5.75 Å². The Labute approximate surface area is 233 Å². The molecule has 1 aliphatic heterocycles. The van der Waals surface area contributed by atoms with E-state index in [0.717, 1.165) is 31.0 Å². The predicted molar refractivity (Wildman–Crippen MR) is 160 cm³/mol. The first-order chi connectivity index (χ1) is 18.2. The van der Waals surface area contributed by atoms with E-state index in [1.165, 1.54) is 69.8 Å². The highest BCUT2D eigenvalue weighted by molar-refractivity contribution is 8.02. The second kappa shape index (κ2) is 17.4. The average molecular weight is 543 g/mol. The van der Waals surface area contributed by atoms with Gasteiger partial charge < -0.3 is 15.0 Å². The summed E-state index contributed by atoms with van der Waals surface area (Å²) in [4.78, 5) is 15.1. The molecule has 0 fully saturated rings. The summed E-state index contributed by atoms with van der Waals surface area (Å²) >= 11 is 8.13. The molecule has 0 saturated heterocycles. The van der Waals surface area contributed by atoms with Gasteiger partial charge in [0.15, 0.2) is 0 Å². The first-order valence-corrected chi connectivity index (χ1v) is 15.4. The fourth-order valence-electron chi connectivity index (χ4n) is 4.42. The van der Waals surface area contributed by atoms with Gasteiger partial charge in [-0.25, -0.2) is 0 Å². The highest BCUT2D eigenvalue weighted by Crippen LogP contribution is 2.27. The van der Waals surface area contributed by atoms with E-state index in [2.05, 4.69) is 40.9 Å². The molecule has 2 aromatic carbocycles. The lowest BCUT2D eigenvalue weighted by molar-refractivity contribution is 0.102. The molecule has 2 aromatic rings. The minimum Gasteiger partial charge on any atom is -0.492 e. The number of thioether (sulfide) groups is 1. The molecule has 202 valence electrons. The first-order valence-electron chi connectivity index (χ1n) is 14.0. The molecule has 0 bridgehead atoms. The zero-order valence-electron chi connectivity index (χ0n) is 22.4. The summed E-state index contributed by atoms with van der Waals surface area (Å²) < 4.78 is 5.92. The third kappa shape index (κ3) is 11.4. The molecule has 1 aliphatic rings. The number of hydrogen-bond donors (Lipinski definition) is 1. The summed E-state index contributed by atoms with van der Waals surface area (Å²) in [5, 5.41) is 5.62. The lowest BCUT2D eigenvalue weighted by atomic mass is 10.1. The monoisotopic (exact) mass is 542 g/mol. The number of carbonyl (C=O) groups is 1. The topological polar surface area (TPSA) is 41.6 Å². The van der Waals surface area contributed by atoms with Crippen LogP contribution < -0.4 is 10.1 Å². The minimum atomic E-state index is -0.168. The maximum atomic E-state index is 12.8. The molecule has 0 aliphatic carbocycles. The Morgan fingerprint density at radius 3 is 2.19 bits per heavy atom. The zero-order chi connectivity index (χ0) is 26.1. The lowest BCUT2D eigenvalue weighted by Gasteiger charge is -2.15. The standard InChI is InChI=1S/C31H43ClN2O2S/c1-2-3-4-5-6-7-8-9-10-11-12-13-21-36-30-23-27(16-19-29(30)32)31(35)33-28-17-14-26(15-18-28)24-34-20-22-37-25-34/h14-20,22-23H,2-13,21,24-25H2,1H3,(H,33,35). The van der Waals surface area contributed by atoms with Crippen molar-refractivity contribution in [3.05, 3.63) is 70.2 Å². The number of ether oxygens (including phenoxy) is 1. The largest absolute Gasteiger partial charge is 0.492 e. The second-order valence-electron chi connectivity index (χ2n) is 9.86. The van der Waals surface area contributed by atoms with Crippen LogP contribution in [-0.2, 0) is 6.54 Å². The number of anilines is 1. The van der Waals surface area contributed by atoms with Gasteiger partial charge >= 0.3 is 0 Å². The first kappa shape index (κ1) is 29.4. The van der Waals surface area contributed by atoms with Crippen LogP contribution in [0.25, 0.3) is 0 Å². The zero-order valence-corrected chi connectivity index (χ0v) is 23.9. The number of amides is 1. The highest BCUT2D eigenvalue weighted by Gasteiger charge is 2.11. The van der Waals surface area contributed by atoms with Crippen molar-refractivity contribution in [2.75, 3.05) is 17.8 Å². The number of benzene rings is 2. The van der Waals surface area contributed by atoms with Crippen LogP contribution in [0.1, 0.15) is 99.9 Å². The number of nitrogens with one attached hydrogen (secondary N) is 1. The fourth-order valence-corrected chi connectivity index (χ4v) is 5.31. The van der Waals surface area contributed by atoms with Crippen molar-refractivity contribution >= 4 is 35.0 Å². The molecule has 0 spiro atoms. The molecule has 1 heterocycles. The van der Waals surface area contributed by atoms with Crippen LogP contribution in [0.5, 0.6) is 5.75 Å². The molecule has 6 heteroatoms. The minimum absolute atomic E-state index is 0.168. The van der Waals surface area contributed by atoms with Crippen LogP contribution in [0.15, 0.2) is 54.1 Å². The highest BCUT2D eigenvalue weighted by atomic mass is 35.5. The Kier molecular flexibility index (Phi) is 13.9. The maximum Gasteiger partial charge on any atom is 0.255 e. The Bertz CT molecular complexity index is 964. The Balaban J connectivity index is 1.31. The van der Waals surface area contributed by atoms with Crippen LogP contribution in [0, 0.1) is 0 Å². The molecule has 0 unspecified atom stereocenters. The van der Waals surface area contributed by atoms with Gasteiger partial charge in [-0.15, -0.1) is 11.8 Å². The summed E-state index contributed by atoms with van der Waals surface area (Å²) in [5.41, 5.74) is 2.52. The van der Waals surface area contributed by atoms with E-state index in [9.17, 15) is 4.79 Å². The Hall–Kier alpha value is -2.11. The summed E-state index contributed by atoms with van der Waals surface area (Å²) in [7, 11) is 0. The van der Waals surface area contributed by atoms with E-state index in [-0.39, 0.29) is 5.91 Å². The van der Waals surface area contributed by atoms with Crippen LogP contribution in [0.4, 0.5) is 5.69 Å². The van der Waals surface area contributed by atoms with Crippen LogP contribution in [-0.4, -0.2) is 23.3 Å². The predicted octanol–water partition coefficient (Wildman–Crippen LogP) is 9.65. The molecule has 1 N–H and O–H groups in total. The SMILES string of the molecule is CCCCCCCCCCCCCCOc1cc(C(=O)Nc2ccc(CN3C=CSC3)cc2)ccc1Cl. The van der Waals surface area contributed by atoms with E-state index in [1.807, 2.05) is 12.1 Å². The van der Waals surface area contributed by atoms with Crippen LogP contribution in [0.2, 0.25) is 5.02 Å². The third-order valence-corrected chi connectivity index (χ3v) is 7.76. The number of halogens is 1. The molecule has 37 heavy (non-hydrogen) atoms. The average Bonchev–Trinajstić information content (AvgIpc) is 3.42. The van der Waals surface area contributed by atoms with Crippen molar-refractivity contribution in [2.24, 2.45) is 0 Å². The quantitative estimate of drug-likeness (QED) is 0.190. The normalized spacial score (nSPS) is 12.8. The number of unbranched alkanes of at least 4 members (excludes halogenated alkanes) is 11. The van der Waals surface area contributed by atoms with Crippen molar-refractivity contribution in [1.29, 1.82) is 0 Å². The van der Waals surface area contributed by atoms with Gasteiger partial charge in [-0.2, -0.15) is 0 Å².